The van der Waals surface area contributed by atoms with Crippen molar-refractivity contribution < 1.29 is 9.59 Å². The standard InChI is InChI=1S/C26H42O2/c1-3-5-19-7-9-21(10-8-19)22-13-17-26(18-14-22)23(27)25(24(26)28)15-11-20(6-4-2)12-16-25/h19-22H,3-18H2,1-2H3. The van der Waals surface area contributed by atoms with Crippen LogP contribution in [-0.2, 0) is 9.59 Å². The predicted octanol–water partition coefficient (Wildman–Crippen LogP) is 6.90. The van der Waals surface area contributed by atoms with E-state index in [9.17, 15) is 9.59 Å². The van der Waals surface area contributed by atoms with Crippen molar-refractivity contribution in [3.63, 3.8) is 0 Å². The zero-order valence-corrected chi connectivity index (χ0v) is 18.4. The molecule has 0 bridgehead atoms. The van der Waals surface area contributed by atoms with Crippen molar-refractivity contribution in [3.8, 4) is 0 Å². The molecule has 4 aliphatic rings. The maximum absolute atomic E-state index is 13.4. The molecule has 4 saturated carbocycles. The molecule has 0 amide bonds. The second-order valence-electron chi connectivity index (χ2n) is 11.0. The van der Waals surface area contributed by atoms with E-state index in [0.29, 0.717) is 11.6 Å². The van der Waals surface area contributed by atoms with Crippen LogP contribution in [0.5, 0.6) is 0 Å². The lowest BCUT2D eigenvalue weighted by molar-refractivity contribution is -0.179. The molecule has 0 radical (unpaired) electrons. The number of rotatable bonds is 5. The first kappa shape index (κ1) is 20.6. The Bertz CT molecular complexity index is 547. The van der Waals surface area contributed by atoms with Crippen molar-refractivity contribution in [1.29, 1.82) is 0 Å². The second kappa shape index (κ2) is 8.23. The quantitative estimate of drug-likeness (QED) is 0.482. The summed E-state index contributed by atoms with van der Waals surface area (Å²) in [6.45, 7) is 4.55. The highest BCUT2D eigenvalue weighted by Crippen LogP contribution is 2.62. The summed E-state index contributed by atoms with van der Waals surface area (Å²) in [6, 6.07) is 0. The topological polar surface area (TPSA) is 34.1 Å². The van der Waals surface area contributed by atoms with E-state index in [2.05, 4.69) is 13.8 Å². The van der Waals surface area contributed by atoms with Crippen molar-refractivity contribution in [2.75, 3.05) is 0 Å². The Morgan fingerprint density at radius 3 is 1.46 bits per heavy atom. The fourth-order valence-electron chi connectivity index (χ4n) is 7.80. The normalized spacial score (nSPS) is 44.1. The molecule has 0 aromatic heterocycles. The molecule has 4 rings (SSSR count). The van der Waals surface area contributed by atoms with Gasteiger partial charge >= 0.3 is 0 Å². The largest absolute Gasteiger partial charge is 0.297 e. The van der Waals surface area contributed by atoms with Gasteiger partial charge in [-0.05, 0) is 87.9 Å². The van der Waals surface area contributed by atoms with E-state index >= 15 is 0 Å². The van der Waals surface area contributed by atoms with Crippen LogP contribution in [0.2, 0.25) is 0 Å². The van der Waals surface area contributed by atoms with Crippen LogP contribution in [0, 0.1) is 34.5 Å². The third-order valence-corrected chi connectivity index (χ3v) is 9.53. The van der Waals surface area contributed by atoms with Gasteiger partial charge in [-0.2, -0.15) is 0 Å². The molecule has 0 N–H and O–H groups in total. The molecule has 28 heavy (non-hydrogen) atoms. The summed E-state index contributed by atoms with van der Waals surface area (Å²) in [5.41, 5.74) is -1.07. The predicted molar refractivity (Wildman–Crippen MR) is 114 cm³/mol. The summed E-state index contributed by atoms with van der Waals surface area (Å²) in [5, 5.41) is 0. The highest BCUT2D eigenvalue weighted by atomic mass is 16.2. The maximum atomic E-state index is 13.4. The second-order valence-corrected chi connectivity index (χ2v) is 11.0. The molecule has 4 aliphatic carbocycles. The first-order chi connectivity index (χ1) is 13.6. The molecular weight excluding hydrogens is 344 g/mol. The Kier molecular flexibility index (Phi) is 6.05. The zero-order chi connectivity index (χ0) is 19.8. The van der Waals surface area contributed by atoms with E-state index in [1.165, 1.54) is 51.4 Å². The molecule has 0 saturated heterocycles. The van der Waals surface area contributed by atoms with E-state index in [1.807, 2.05) is 0 Å². The van der Waals surface area contributed by atoms with Crippen LogP contribution in [0.1, 0.15) is 117 Å². The Morgan fingerprint density at radius 2 is 1.00 bits per heavy atom. The van der Waals surface area contributed by atoms with Crippen molar-refractivity contribution in [2.24, 2.45) is 34.5 Å². The van der Waals surface area contributed by atoms with Gasteiger partial charge < -0.3 is 0 Å². The Hall–Kier alpha value is -0.660. The molecule has 2 heteroatoms. The minimum Gasteiger partial charge on any atom is -0.297 e. The van der Waals surface area contributed by atoms with Gasteiger partial charge in [-0.1, -0.05) is 52.4 Å². The Morgan fingerprint density at radius 1 is 0.607 bits per heavy atom. The highest BCUT2D eigenvalue weighted by Gasteiger charge is 2.70. The summed E-state index contributed by atoms with van der Waals surface area (Å²) in [6.07, 6.45) is 18.8. The van der Waals surface area contributed by atoms with Crippen LogP contribution < -0.4 is 0 Å². The lowest BCUT2D eigenvalue weighted by Gasteiger charge is -2.57. The van der Waals surface area contributed by atoms with E-state index in [4.69, 9.17) is 0 Å². The van der Waals surface area contributed by atoms with Gasteiger partial charge in [0.25, 0.3) is 0 Å². The lowest BCUT2D eigenvalue weighted by atomic mass is 9.42. The van der Waals surface area contributed by atoms with Crippen LogP contribution in [0.25, 0.3) is 0 Å². The minimum absolute atomic E-state index is 0.380. The van der Waals surface area contributed by atoms with E-state index in [0.717, 1.165) is 75.0 Å². The summed E-state index contributed by atoms with van der Waals surface area (Å²) >= 11 is 0. The average Bonchev–Trinajstić information content (AvgIpc) is 2.75. The fourth-order valence-corrected chi connectivity index (χ4v) is 7.80. The number of hydrogen-bond acceptors (Lipinski definition) is 2. The van der Waals surface area contributed by atoms with Crippen molar-refractivity contribution in [1.82, 2.24) is 0 Å². The molecule has 2 nitrogen and oxygen atoms in total. The summed E-state index contributed by atoms with van der Waals surface area (Å²) in [5.74, 6) is 4.13. The Balaban J connectivity index is 1.30. The zero-order valence-electron chi connectivity index (χ0n) is 18.4. The number of ketones is 2. The molecule has 2 spiro atoms. The van der Waals surface area contributed by atoms with Gasteiger partial charge in [0.1, 0.15) is 0 Å². The lowest BCUT2D eigenvalue weighted by Crippen LogP contribution is -2.68. The molecular formula is C26H42O2. The van der Waals surface area contributed by atoms with Crippen LogP contribution >= 0.6 is 0 Å². The van der Waals surface area contributed by atoms with Crippen LogP contribution in [0.4, 0.5) is 0 Å². The third-order valence-electron chi connectivity index (χ3n) is 9.53. The molecule has 158 valence electrons. The van der Waals surface area contributed by atoms with Crippen LogP contribution in [0.3, 0.4) is 0 Å². The van der Waals surface area contributed by atoms with Gasteiger partial charge in [0.15, 0.2) is 11.6 Å². The summed E-state index contributed by atoms with van der Waals surface area (Å²) in [7, 11) is 0. The van der Waals surface area contributed by atoms with Gasteiger partial charge in [0.2, 0.25) is 0 Å². The van der Waals surface area contributed by atoms with Crippen molar-refractivity contribution in [3.05, 3.63) is 0 Å². The summed E-state index contributed by atoms with van der Waals surface area (Å²) in [4.78, 5) is 26.7. The smallest absolute Gasteiger partial charge is 0.159 e. The average molecular weight is 387 g/mol. The fraction of sp³-hybridized carbons (Fsp3) is 0.923. The first-order valence-electron chi connectivity index (χ1n) is 12.7. The van der Waals surface area contributed by atoms with Gasteiger partial charge in [-0.3, -0.25) is 9.59 Å². The maximum Gasteiger partial charge on any atom is 0.159 e. The van der Waals surface area contributed by atoms with Gasteiger partial charge in [0.05, 0.1) is 10.8 Å². The highest BCUT2D eigenvalue weighted by molar-refractivity contribution is 6.30. The molecule has 0 heterocycles. The Labute approximate surface area is 172 Å². The molecule has 0 atom stereocenters. The number of carbonyl (C=O) groups is 2. The van der Waals surface area contributed by atoms with Crippen molar-refractivity contribution in [2.45, 2.75) is 117 Å². The van der Waals surface area contributed by atoms with E-state index in [-0.39, 0.29) is 0 Å². The number of Topliss-reactive ketones (excluding diaryl/α,β-unsaturated/α-hetero) is 2. The molecule has 0 aromatic carbocycles. The molecule has 4 fully saturated rings. The third kappa shape index (κ3) is 3.31. The molecule has 0 aromatic rings. The van der Waals surface area contributed by atoms with E-state index in [1.54, 1.807) is 0 Å². The number of carbonyl (C=O) groups excluding carboxylic acids is 2. The molecule has 0 aliphatic heterocycles. The first-order valence-corrected chi connectivity index (χ1v) is 12.7. The molecule has 0 unspecified atom stereocenters. The van der Waals surface area contributed by atoms with Gasteiger partial charge in [-0.15, -0.1) is 0 Å². The van der Waals surface area contributed by atoms with Gasteiger partial charge in [0, 0.05) is 0 Å². The monoisotopic (exact) mass is 386 g/mol. The van der Waals surface area contributed by atoms with Gasteiger partial charge in [-0.25, -0.2) is 0 Å². The summed E-state index contributed by atoms with van der Waals surface area (Å²) < 4.78 is 0. The van der Waals surface area contributed by atoms with Crippen LogP contribution in [0.15, 0.2) is 0 Å². The number of hydrogen-bond donors (Lipinski definition) is 0. The van der Waals surface area contributed by atoms with Crippen molar-refractivity contribution >= 4 is 11.6 Å². The van der Waals surface area contributed by atoms with E-state index < -0.39 is 10.8 Å². The van der Waals surface area contributed by atoms with Crippen LogP contribution in [-0.4, -0.2) is 11.6 Å². The SMILES string of the molecule is CCCC1CCC(C2CCC3(CC2)C(=O)C2(CCC(CCC)CC2)C3=O)CC1. The minimum atomic E-state index is -0.534.